The molecule has 0 saturated carbocycles. The van der Waals surface area contributed by atoms with E-state index in [4.69, 9.17) is 23.7 Å². The fraction of sp³-hybridized carbons (Fsp3) is 0.385. The van der Waals surface area contributed by atoms with Crippen LogP contribution in [0.15, 0.2) is 55.1 Å². The predicted molar refractivity (Wildman–Crippen MR) is 131 cm³/mol. The number of rotatable bonds is 14. The van der Waals surface area contributed by atoms with Crippen LogP contribution in [0, 0.1) is 0 Å². The van der Waals surface area contributed by atoms with Crippen molar-refractivity contribution in [2.24, 2.45) is 0 Å². The third kappa shape index (κ3) is 7.46. The zero-order valence-corrected chi connectivity index (χ0v) is 20.2. The Labute approximate surface area is 205 Å². The fourth-order valence-corrected chi connectivity index (χ4v) is 3.57. The molecule has 2 aromatic rings. The highest BCUT2D eigenvalue weighted by molar-refractivity contribution is 5.95. The van der Waals surface area contributed by atoms with Gasteiger partial charge in [0, 0.05) is 31.0 Å². The predicted octanol–water partition coefficient (Wildman–Crippen LogP) is 3.02. The highest BCUT2D eigenvalue weighted by atomic mass is 16.7. The number of carbonyl (C=O) groups is 2. The van der Waals surface area contributed by atoms with E-state index in [0.29, 0.717) is 42.7 Å². The number of hydrogen-bond acceptors (Lipinski definition) is 8. The van der Waals surface area contributed by atoms with Gasteiger partial charge < -0.3 is 28.6 Å². The SMILES string of the molecule is C=CCOc1ccccc1CN(C(=O)CN(CCOC)CC(=O)OCC)c1ccc2c(c1)OCO2. The standard InChI is InChI=1S/C26H32N2O7/c1-4-13-33-22-9-7-6-8-20(22)16-28(21-10-11-23-24(15-21)35-19-34-23)25(29)17-27(12-14-31-3)18-26(30)32-5-2/h4,6-11,15H,1,5,12-14,16-19H2,2-3H3. The average molecular weight is 485 g/mol. The first kappa shape index (κ1) is 26.1. The summed E-state index contributed by atoms with van der Waals surface area (Å²) in [5.74, 6) is 1.25. The molecule has 0 aliphatic carbocycles. The largest absolute Gasteiger partial charge is 0.489 e. The van der Waals surface area contributed by atoms with Gasteiger partial charge in [-0.15, -0.1) is 0 Å². The number of ether oxygens (including phenoxy) is 5. The van der Waals surface area contributed by atoms with Gasteiger partial charge in [0.1, 0.15) is 12.4 Å². The third-order valence-electron chi connectivity index (χ3n) is 5.26. The number of para-hydroxylation sites is 1. The summed E-state index contributed by atoms with van der Waals surface area (Å²) >= 11 is 0. The van der Waals surface area contributed by atoms with E-state index in [0.717, 1.165) is 5.56 Å². The smallest absolute Gasteiger partial charge is 0.320 e. The number of amides is 1. The van der Waals surface area contributed by atoms with E-state index in [9.17, 15) is 9.59 Å². The topological polar surface area (TPSA) is 86.8 Å². The first-order chi connectivity index (χ1) is 17.0. The number of nitrogens with zero attached hydrogens (tertiary/aromatic N) is 2. The number of esters is 1. The number of hydrogen-bond donors (Lipinski definition) is 0. The summed E-state index contributed by atoms with van der Waals surface area (Å²) in [5.41, 5.74) is 1.47. The number of carbonyl (C=O) groups excluding carboxylic acids is 2. The second-order valence-corrected chi connectivity index (χ2v) is 7.73. The van der Waals surface area contributed by atoms with E-state index in [1.165, 1.54) is 0 Å². The molecule has 0 fully saturated rings. The Morgan fingerprint density at radius 3 is 2.69 bits per heavy atom. The molecule has 1 aliphatic rings. The zero-order valence-electron chi connectivity index (χ0n) is 20.2. The number of fused-ring (bicyclic) bond motifs is 1. The molecule has 0 spiro atoms. The van der Waals surface area contributed by atoms with Gasteiger partial charge in [0.2, 0.25) is 12.7 Å². The lowest BCUT2D eigenvalue weighted by Gasteiger charge is -2.28. The number of benzene rings is 2. The molecule has 0 saturated heterocycles. The van der Waals surface area contributed by atoms with Gasteiger partial charge in [0.15, 0.2) is 11.5 Å². The second kappa shape index (κ2) is 13.4. The Morgan fingerprint density at radius 1 is 1.11 bits per heavy atom. The molecule has 0 N–H and O–H groups in total. The maximum atomic E-state index is 13.6. The molecule has 2 aromatic carbocycles. The molecular formula is C26H32N2O7. The minimum Gasteiger partial charge on any atom is -0.489 e. The molecule has 9 heteroatoms. The van der Waals surface area contributed by atoms with E-state index in [-0.39, 0.29) is 38.9 Å². The summed E-state index contributed by atoms with van der Waals surface area (Å²) in [6.45, 7) is 7.20. The summed E-state index contributed by atoms with van der Waals surface area (Å²) in [4.78, 5) is 29.1. The van der Waals surface area contributed by atoms with Crippen LogP contribution in [0.3, 0.4) is 0 Å². The van der Waals surface area contributed by atoms with Crippen LogP contribution in [-0.2, 0) is 25.6 Å². The summed E-state index contributed by atoms with van der Waals surface area (Å²) in [7, 11) is 1.57. The van der Waals surface area contributed by atoms with Crippen LogP contribution < -0.4 is 19.1 Å². The van der Waals surface area contributed by atoms with Crippen LogP contribution in [0.5, 0.6) is 17.2 Å². The molecule has 35 heavy (non-hydrogen) atoms. The Morgan fingerprint density at radius 2 is 1.91 bits per heavy atom. The summed E-state index contributed by atoms with van der Waals surface area (Å²) in [6, 6.07) is 12.9. The normalized spacial score (nSPS) is 11.9. The zero-order chi connectivity index (χ0) is 25.0. The lowest BCUT2D eigenvalue weighted by Crippen LogP contribution is -2.43. The van der Waals surface area contributed by atoms with Gasteiger partial charge in [0.05, 0.1) is 32.8 Å². The van der Waals surface area contributed by atoms with Crippen molar-refractivity contribution in [1.29, 1.82) is 0 Å². The fourth-order valence-electron chi connectivity index (χ4n) is 3.57. The van der Waals surface area contributed by atoms with Crippen molar-refractivity contribution in [2.75, 3.05) is 58.3 Å². The van der Waals surface area contributed by atoms with Gasteiger partial charge >= 0.3 is 5.97 Å². The Balaban J connectivity index is 1.88. The van der Waals surface area contributed by atoms with E-state index in [2.05, 4.69) is 6.58 Å². The van der Waals surface area contributed by atoms with E-state index < -0.39 is 5.97 Å². The molecule has 0 radical (unpaired) electrons. The summed E-state index contributed by atoms with van der Waals surface area (Å²) < 4.78 is 27.0. The second-order valence-electron chi connectivity index (χ2n) is 7.73. The van der Waals surface area contributed by atoms with E-state index in [1.807, 2.05) is 30.3 Å². The van der Waals surface area contributed by atoms with Crippen LogP contribution in [-0.4, -0.2) is 70.1 Å². The van der Waals surface area contributed by atoms with Crippen LogP contribution in [0.1, 0.15) is 12.5 Å². The highest BCUT2D eigenvalue weighted by Gasteiger charge is 2.24. The van der Waals surface area contributed by atoms with Gasteiger partial charge in [-0.05, 0) is 25.1 Å². The Kier molecular flexibility index (Phi) is 9.94. The molecule has 0 aromatic heterocycles. The van der Waals surface area contributed by atoms with Gasteiger partial charge in [-0.3, -0.25) is 14.5 Å². The van der Waals surface area contributed by atoms with Crippen molar-refractivity contribution < 1.29 is 33.3 Å². The first-order valence-corrected chi connectivity index (χ1v) is 11.4. The van der Waals surface area contributed by atoms with Gasteiger partial charge in [-0.25, -0.2) is 0 Å². The summed E-state index contributed by atoms with van der Waals surface area (Å²) in [6.07, 6.45) is 1.67. The average Bonchev–Trinajstić information content (AvgIpc) is 3.33. The van der Waals surface area contributed by atoms with Crippen molar-refractivity contribution in [1.82, 2.24) is 4.90 Å². The molecule has 1 heterocycles. The van der Waals surface area contributed by atoms with Gasteiger partial charge in [-0.2, -0.15) is 0 Å². The molecule has 1 aliphatic heterocycles. The quantitative estimate of drug-likeness (QED) is 0.299. The lowest BCUT2D eigenvalue weighted by atomic mass is 10.1. The van der Waals surface area contributed by atoms with Crippen molar-refractivity contribution in [3.63, 3.8) is 0 Å². The first-order valence-electron chi connectivity index (χ1n) is 11.4. The molecule has 0 atom stereocenters. The van der Waals surface area contributed by atoms with Crippen molar-refractivity contribution in [3.05, 3.63) is 60.7 Å². The van der Waals surface area contributed by atoms with Crippen LogP contribution in [0.4, 0.5) is 5.69 Å². The molecule has 1 amide bonds. The van der Waals surface area contributed by atoms with Gasteiger partial charge in [0.25, 0.3) is 0 Å². The van der Waals surface area contributed by atoms with Crippen molar-refractivity contribution in [2.45, 2.75) is 13.5 Å². The lowest BCUT2D eigenvalue weighted by molar-refractivity contribution is -0.144. The van der Waals surface area contributed by atoms with Gasteiger partial charge in [-0.1, -0.05) is 30.9 Å². The molecule has 188 valence electrons. The number of methoxy groups -OCH3 is 1. The van der Waals surface area contributed by atoms with E-state index in [1.54, 1.807) is 42.0 Å². The van der Waals surface area contributed by atoms with Crippen LogP contribution >= 0.6 is 0 Å². The third-order valence-corrected chi connectivity index (χ3v) is 5.26. The van der Waals surface area contributed by atoms with Crippen LogP contribution in [0.2, 0.25) is 0 Å². The monoisotopic (exact) mass is 484 g/mol. The molecule has 9 nitrogen and oxygen atoms in total. The molecule has 0 bridgehead atoms. The molecule has 0 unspecified atom stereocenters. The van der Waals surface area contributed by atoms with Crippen molar-refractivity contribution >= 4 is 17.6 Å². The Hall–Kier alpha value is -3.56. The maximum Gasteiger partial charge on any atom is 0.320 e. The Bertz CT molecular complexity index is 1010. The number of anilines is 1. The minimum atomic E-state index is -0.394. The van der Waals surface area contributed by atoms with E-state index >= 15 is 0 Å². The van der Waals surface area contributed by atoms with Crippen molar-refractivity contribution in [3.8, 4) is 17.2 Å². The minimum absolute atomic E-state index is 0.00764. The highest BCUT2D eigenvalue weighted by Crippen LogP contribution is 2.36. The summed E-state index contributed by atoms with van der Waals surface area (Å²) in [5, 5.41) is 0. The molecule has 3 rings (SSSR count). The molecular weight excluding hydrogens is 452 g/mol. The van der Waals surface area contributed by atoms with Crippen LogP contribution in [0.25, 0.3) is 0 Å². The maximum absolute atomic E-state index is 13.6.